The molecule has 0 saturated heterocycles. The summed E-state index contributed by atoms with van der Waals surface area (Å²) in [6, 6.07) is 3.84. The molecule has 0 heterocycles. The Balaban J connectivity index is 2.73. The van der Waals surface area contributed by atoms with Gasteiger partial charge in [-0.15, -0.1) is 11.6 Å². The van der Waals surface area contributed by atoms with Crippen LogP contribution in [0, 0.1) is 17.6 Å². The summed E-state index contributed by atoms with van der Waals surface area (Å²) in [7, 11) is 0. The van der Waals surface area contributed by atoms with Crippen LogP contribution in [0.5, 0.6) is 0 Å². The van der Waals surface area contributed by atoms with Gasteiger partial charge in [0, 0.05) is 0 Å². The molecule has 2 atom stereocenters. The van der Waals surface area contributed by atoms with Crippen molar-refractivity contribution in [2.24, 2.45) is 5.92 Å². The standard InChI is InChI=1S/C12H15ClF2/c1-3-8(2)6-10(13)9-4-5-11(14)12(15)7-9/h4-5,7-8,10H,3,6H2,1-2H3. The van der Waals surface area contributed by atoms with Crippen LogP contribution in [-0.4, -0.2) is 0 Å². The van der Waals surface area contributed by atoms with Crippen molar-refractivity contribution in [3.63, 3.8) is 0 Å². The van der Waals surface area contributed by atoms with E-state index in [1.165, 1.54) is 6.07 Å². The topological polar surface area (TPSA) is 0 Å². The highest BCUT2D eigenvalue weighted by Gasteiger charge is 2.13. The number of hydrogen-bond donors (Lipinski definition) is 0. The molecule has 0 saturated carbocycles. The molecule has 1 aromatic carbocycles. The number of rotatable bonds is 4. The lowest BCUT2D eigenvalue weighted by Crippen LogP contribution is -2.00. The van der Waals surface area contributed by atoms with Crippen LogP contribution in [0.25, 0.3) is 0 Å². The second kappa shape index (κ2) is 5.45. The van der Waals surface area contributed by atoms with Gasteiger partial charge in [-0.2, -0.15) is 0 Å². The highest BCUT2D eigenvalue weighted by molar-refractivity contribution is 6.20. The molecule has 0 bridgehead atoms. The first-order valence-electron chi connectivity index (χ1n) is 5.13. The Labute approximate surface area is 94.3 Å². The normalized spacial score (nSPS) is 15.0. The highest BCUT2D eigenvalue weighted by atomic mass is 35.5. The van der Waals surface area contributed by atoms with Crippen LogP contribution < -0.4 is 0 Å². The average molecular weight is 233 g/mol. The Morgan fingerprint density at radius 3 is 2.47 bits per heavy atom. The van der Waals surface area contributed by atoms with Gasteiger partial charge in [0.2, 0.25) is 0 Å². The predicted octanol–water partition coefficient (Wildman–Crippen LogP) is 4.68. The zero-order chi connectivity index (χ0) is 11.4. The van der Waals surface area contributed by atoms with E-state index < -0.39 is 11.6 Å². The number of halogens is 3. The van der Waals surface area contributed by atoms with Crippen LogP contribution in [-0.2, 0) is 0 Å². The fourth-order valence-corrected chi connectivity index (χ4v) is 1.80. The van der Waals surface area contributed by atoms with Gasteiger partial charge in [-0.25, -0.2) is 8.78 Å². The van der Waals surface area contributed by atoms with E-state index in [0.717, 1.165) is 18.9 Å². The lowest BCUT2D eigenvalue weighted by molar-refractivity contribution is 0.494. The maximum absolute atomic E-state index is 12.9. The van der Waals surface area contributed by atoms with Crippen molar-refractivity contribution in [3.05, 3.63) is 35.4 Å². The van der Waals surface area contributed by atoms with Gasteiger partial charge in [-0.05, 0) is 30.0 Å². The maximum Gasteiger partial charge on any atom is 0.159 e. The quantitative estimate of drug-likeness (QED) is 0.661. The van der Waals surface area contributed by atoms with Gasteiger partial charge in [-0.3, -0.25) is 0 Å². The average Bonchev–Trinajstić information content (AvgIpc) is 2.21. The van der Waals surface area contributed by atoms with Gasteiger partial charge in [0.1, 0.15) is 0 Å². The molecule has 1 rings (SSSR count). The Hall–Kier alpha value is -0.630. The summed E-state index contributed by atoms with van der Waals surface area (Å²) in [4.78, 5) is 0. The van der Waals surface area contributed by atoms with Crippen LogP contribution in [0.4, 0.5) is 8.78 Å². The van der Waals surface area contributed by atoms with Gasteiger partial charge in [-0.1, -0.05) is 26.3 Å². The SMILES string of the molecule is CCC(C)CC(Cl)c1ccc(F)c(F)c1. The summed E-state index contributed by atoms with van der Waals surface area (Å²) in [6.45, 7) is 4.18. The molecule has 0 radical (unpaired) electrons. The third kappa shape index (κ3) is 3.45. The summed E-state index contributed by atoms with van der Waals surface area (Å²) in [5, 5.41) is -0.241. The van der Waals surface area contributed by atoms with Gasteiger partial charge < -0.3 is 0 Å². The lowest BCUT2D eigenvalue weighted by atomic mass is 9.98. The van der Waals surface area contributed by atoms with E-state index in [-0.39, 0.29) is 5.38 Å². The fourth-order valence-electron chi connectivity index (χ4n) is 1.36. The molecule has 0 spiro atoms. The van der Waals surface area contributed by atoms with Crippen LogP contribution in [0.15, 0.2) is 18.2 Å². The van der Waals surface area contributed by atoms with Crippen LogP contribution in [0.2, 0.25) is 0 Å². The van der Waals surface area contributed by atoms with Crippen molar-refractivity contribution in [1.29, 1.82) is 0 Å². The number of hydrogen-bond acceptors (Lipinski definition) is 0. The molecular weight excluding hydrogens is 218 g/mol. The minimum absolute atomic E-state index is 0.241. The third-order valence-electron chi connectivity index (χ3n) is 2.61. The Kier molecular flexibility index (Phi) is 4.52. The Morgan fingerprint density at radius 2 is 1.93 bits per heavy atom. The minimum atomic E-state index is -0.831. The first-order valence-corrected chi connectivity index (χ1v) is 5.57. The molecule has 0 nitrogen and oxygen atoms in total. The highest BCUT2D eigenvalue weighted by Crippen LogP contribution is 2.29. The van der Waals surface area contributed by atoms with Crippen LogP contribution in [0.3, 0.4) is 0 Å². The van der Waals surface area contributed by atoms with E-state index in [9.17, 15) is 8.78 Å². The van der Waals surface area contributed by atoms with Crippen molar-refractivity contribution < 1.29 is 8.78 Å². The van der Waals surface area contributed by atoms with Crippen LogP contribution in [0.1, 0.15) is 37.6 Å². The Bertz CT molecular complexity index is 325. The first kappa shape index (κ1) is 12.4. The van der Waals surface area contributed by atoms with Gasteiger partial charge in [0.25, 0.3) is 0 Å². The largest absolute Gasteiger partial charge is 0.204 e. The summed E-state index contributed by atoms with van der Waals surface area (Å²) < 4.78 is 25.6. The van der Waals surface area contributed by atoms with Crippen molar-refractivity contribution in [3.8, 4) is 0 Å². The molecule has 15 heavy (non-hydrogen) atoms. The molecule has 0 aliphatic carbocycles. The molecule has 0 aliphatic rings. The second-order valence-corrected chi connectivity index (χ2v) is 4.42. The first-order chi connectivity index (χ1) is 7.04. The van der Waals surface area contributed by atoms with Crippen molar-refractivity contribution >= 4 is 11.6 Å². The molecule has 0 aromatic heterocycles. The van der Waals surface area contributed by atoms with E-state index in [2.05, 4.69) is 13.8 Å². The van der Waals surface area contributed by atoms with E-state index in [0.29, 0.717) is 11.5 Å². The summed E-state index contributed by atoms with van der Waals surface area (Å²) >= 11 is 6.12. The van der Waals surface area contributed by atoms with Crippen LogP contribution >= 0.6 is 11.6 Å². The van der Waals surface area contributed by atoms with E-state index in [4.69, 9.17) is 11.6 Å². The molecule has 0 amide bonds. The molecule has 84 valence electrons. The zero-order valence-electron chi connectivity index (χ0n) is 8.93. The van der Waals surface area contributed by atoms with E-state index in [1.807, 2.05) is 0 Å². The predicted molar refractivity (Wildman–Crippen MR) is 59.0 cm³/mol. The van der Waals surface area contributed by atoms with Gasteiger partial charge in [0.05, 0.1) is 5.38 Å². The fraction of sp³-hybridized carbons (Fsp3) is 0.500. The van der Waals surface area contributed by atoms with E-state index >= 15 is 0 Å². The molecule has 0 fully saturated rings. The molecular formula is C12H15ClF2. The second-order valence-electron chi connectivity index (χ2n) is 3.89. The van der Waals surface area contributed by atoms with Gasteiger partial charge >= 0.3 is 0 Å². The van der Waals surface area contributed by atoms with Crippen molar-refractivity contribution in [2.75, 3.05) is 0 Å². The summed E-state index contributed by atoms with van der Waals surface area (Å²) in [5.74, 6) is -1.17. The van der Waals surface area contributed by atoms with Crippen molar-refractivity contribution in [1.82, 2.24) is 0 Å². The zero-order valence-corrected chi connectivity index (χ0v) is 9.69. The molecule has 3 heteroatoms. The minimum Gasteiger partial charge on any atom is -0.204 e. The van der Waals surface area contributed by atoms with Crippen molar-refractivity contribution in [2.45, 2.75) is 32.1 Å². The van der Waals surface area contributed by atoms with Gasteiger partial charge in [0.15, 0.2) is 11.6 Å². The molecule has 1 aromatic rings. The summed E-state index contributed by atoms with van der Waals surface area (Å²) in [5.41, 5.74) is 0.649. The van der Waals surface area contributed by atoms with E-state index in [1.54, 1.807) is 6.07 Å². The smallest absolute Gasteiger partial charge is 0.159 e. The lowest BCUT2D eigenvalue weighted by Gasteiger charge is -2.14. The molecule has 2 unspecified atom stereocenters. The number of alkyl halides is 1. The third-order valence-corrected chi connectivity index (χ3v) is 3.04. The maximum atomic E-state index is 12.9. The monoisotopic (exact) mass is 232 g/mol. The number of benzene rings is 1. The Morgan fingerprint density at radius 1 is 1.27 bits per heavy atom. The summed E-state index contributed by atoms with van der Waals surface area (Å²) in [6.07, 6.45) is 1.82. The molecule has 0 N–H and O–H groups in total. The molecule has 0 aliphatic heterocycles.